The number of oxazole rings is 1. The molecule has 0 aliphatic carbocycles. The van der Waals surface area contributed by atoms with E-state index in [0.717, 1.165) is 55.4 Å². The highest BCUT2D eigenvalue weighted by atomic mass is 32.1. The first-order valence-corrected chi connectivity index (χ1v) is 26.3. The summed E-state index contributed by atoms with van der Waals surface area (Å²) in [6.07, 6.45) is 0. The average molecular weight is 966 g/mol. The minimum absolute atomic E-state index is 0.613. The molecule has 0 bridgehead atoms. The zero-order valence-corrected chi connectivity index (χ0v) is 40.7. The molecule has 0 saturated heterocycles. The number of hydrogen-bond acceptors (Lipinski definition) is 4. The molecular formula is C67H39N3OS2. The molecule has 6 heteroatoms. The van der Waals surface area contributed by atoms with Crippen LogP contribution in [0.25, 0.3) is 151 Å². The molecule has 0 unspecified atom stereocenters. The van der Waals surface area contributed by atoms with Gasteiger partial charge in [-0.05, 0) is 131 Å². The molecule has 0 atom stereocenters. The summed E-state index contributed by atoms with van der Waals surface area (Å²) in [7, 11) is 0. The van der Waals surface area contributed by atoms with E-state index in [4.69, 9.17) is 9.40 Å². The van der Waals surface area contributed by atoms with E-state index in [0.29, 0.717) is 5.89 Å². The van der Waals surface area contributed by atoms with Gasteiger partial charge in [-0.15, -0.1) is 22.7 Å². The Kier molecular flexibility index (Phi) is 8.75. The Morgan fingerprint density at radius 1 is 0.315 bits per heavy atom. The number of fused-ring (bicyclic) bond motifs is 13. The Bertz CT molecular complexity index is 4930. The first-order chi connectivity index (χ1) is 36.1. The van der Waals surface area contributed by atoms with Gasteiger partial charge in [-0.3, -0.25) is 0 Å². The molecule has 0 saturated carbocycles. The summed E-state index contributed by atoms with van der Waals surface area (Å²) in [6.45, 7) is 0. The molecule has 11 aromatic carbocycles. The van der Waals surface area contributed by atoms with Gasteiger partial charge in [0.2, 0.25) is 5.89 Å². The van der Waals surface area contributed by atoms with E-state index in [-0.39, 0.29) is 0 Å². The maximum absolute atomic E-state index is 6.59. The first-order valence-electron chi connectivity index (χ1n) is 24.7. The van der Waals surface area contributed by atoms with Crippen molar-refractivity contribution in [3.8, 4) is 56.2 Å². The van der Waals surface area contributed by atoms with Crippen molar-refractivity contribution in [1.29, 1.82) is 0 Å². The van der Waals surface area contributed by atoms with Crippen LogP contribution in [0.1, 0.15) is 0 Å². The number of thiophene rings is 2. The molecule has 0 fully saturated rings. The van der Waals surface area contributed by atoms with Crippen molar-refractivity contribution in [1.82, 2.24) is 14.1 Å². The zero-order valence-electron chi connectivity index (χ0n) is 39.1. The van der Waals surface area contributed by atoms with Crippen molar-refractivity contribution in [2.45, 2.75) is 0 Å². The first kappa shape index (κ1) is 40.6. The summed E-state index contributed by atoms with van der Waals surface area (Å²) >= 11 is 3.71. The third-order valence-electron chi connectivity index (χ3n) is 14.9. The number of nitrogens with zero attached hydrogens (tertiary/aromatic N) is 3. The van der Waals surface area contributed by atoms with Crippen molar-refractivity contribution in [3.05, 3.63) is 237 Å². The van der Waals surface area contributed by atoms with Gasteiger partial charge in [0, 0.05) is 84.4 Å². The lowest BCUT2D eigenvalue weighted by Gasteiger charge is -2.14. The fourth-order valence-electron chi connectivity index (χ4n) is 11.6. The topological polar surface area (TPSA) is 35.9 Å². The predicted molar refractivity (Wildman–Crippen MR) is 310 cm³/mol. The lowest BCUT2D eigenvalue weighted by molar-refractivity contribution is 0.620. The fraction of sp³-hybridized carbons (Fsp3) is 0. The van der Waals surface area contributed by atoms with E-state index in [9.17, 15) is 0 Å². The van der Waals surface area contributed by atoms with Crippen LogP contribution in [0.5, 0.6) is 0 Å². The van der Waals surface area contributed by atoms with Gasteiger partial charge < -0.3 is 13.6 Å². The molecule has 0 spiro atoms. The Balaban J connectivity index is 0.894. The fourth-order valence-corrected chi connectivity index (χ4v) is 13.7. The second-order valence-corrected chi connectivity index (χ2v) is 21.2. The number of para-hydroxylation sites is 2. The highest BCUT2D eigenvalue weighted by Crippen LogP contribution is 2.44. The lowest BCUT2D eigenvalue weighted by Crippen LogP contribution is -1.96. The average Bonchev–Trinajstić information content (AvgIpc) is 4.29. The van der Waals surface area contributed by atoms with Crippen LogP contribution >= 0.6 is 22.7 Å². The molecule has 0 aliphatic heterocycles. The second kappa shape index (κ2) is 15.7. The van der Waals surface area contributed by atoms with Crippen molar-refractivity contribution in [2.24, 2.45) is 0 Å². The van der Waals surface area contributed by atoms with Gasteiger partial charge in [-0.2, -0.15) is 0 Å². The molecule has 0 amide bonds. The summed E-state index contributed by atoms with van der Waals surface area (Å²) in [5.74, 6) is 0.613. The Labute approximate surface area is 426 Å². The molecule has 0 radical (unpaired) electrons. The number of hydrogen-bond donors (Lipinski definition) is 0. The third-order valence-corrected chi connectivity index (χ3v) is 17.2. The van der Waals surface area contributed by atoms with Crippen molar-refractivity contribution < 1.29 is 4.42 Å². The van der Waals surface area contributed by atoms with Crippen molar-refractivity contribution in [3.63, 3.8) is 0 Å². The normalized spacial score (nSPS) is 12.1. The highest BCUT2D eigenvalue weighted by Gasteiger charge is 2.21. The van der Waals surface area contributed by atoms with E-state index >= 15 is 0 Å². The van der Waals surface area contributed by atoms with Gasteiger partial charge in [0.15, 0.2) is 5.58 Å². The zero-order chi connectivity index (χ0) is 47.7. The molecule has 5 aromatic heterocycles. The molecule has 73 heavy (non-hydrogen) atoms. The summed E-state index contributed by atoms with van der Waals surface area (Å²) in [6, 6.07) is 86.5. The Hall–Kier alpha value is -9.07. The molecular weight excluding hydrogens is 927 g/mol. The van der Waals surface area contributed by atoms with Gasteiger partial charge in [0.25, 0.3) is 0 Å². The number of aromatic nitrogens is 3. The number of rotatable bonds is 6. The van der Waals surface area contributed by atoms with Crippen LogP contribution in [0.3, 0.4) is 0 Å². The van der Waals surface area contributed by atoms with Gasteiger partial charge in [0.05, 0.1) is 22.1 Å². The van der Waals surface area contributed by atoms with Crippen LogP contribution in [-0.2, 0) is 0 Å². The van der Waals surface area contributed by atoms with Crippen LogP contribution in [0.4, 0.5) is 0 Å². The molecule has 16 rings (SSSR count). The van der Waals surface area contributed by atoms with Crippen molar-refractivity contribution >= 4 is 118 Å². The summed E-state index contributed by atoms with van der Waals surface area (Å²) in [4.78, 5) is 5.08. The van der Waals surface area contributed by atoms with Crippen LogP contribution in [0, 0.1) is 0 Å². The smallest absolute Gasteiger partial charge is 0.227 e. The molecule has 4 nitrogen and oxygen atoms in total. The van der Waals surface area contributed by atoms with Crippen LogP contribution < -0.4 is 0 Å². The van der Waals surface area contributed by atoms with Gasteiger partial charge in [-0.1, -0.05) is 133 Å². The second-order valence-electron chi connectivity index (χ2n) is 19.1. The third kappa shape index (κ3) is 6.28. The number of benzene rings is 11. The van der Waals surface area contributed by atoms with E-state index in [1.165, 1.54) is 90.0 Å². The maximum Gasteiger partial charge on any atom is 0.227 e. The maximum atomic E-state index is 6.59. The summed E-state index contributed by atoms with van der Waals surface area (Å²) in [5, 5.41) is 9.89. The molecule has 0 aliphatic rings. The molecule has 5 heterocycles. The van der Waals surface area contributed by atoms with Crippen molar-refractivity contribution in [2.75, 3.05) is 0 Å². The molecule has 340 valence electrons. The van der Waals surface area contributed by atoms with Crippen LogP contribution in [-0.4, -0.2) is 14.1 Å². The van der Waals surface area contributed by atoms with Gasteiger partial charge in [-0.25, -0.2) is 4.98 Å². The molecule has 16 aromatic rings. The lowest BCUT2D eigenvalue weighted by atomic mass is 9.99. The highest BCUT2D eigenvalue weighted by molar-refractivity contribution is 7.26. The van der Waals surface area contributed by atoms with E-state index in [1.807, 2.05) is 40.9 Å². The largest absolute Gasteiger partial charge is 0.436 e. The standard InChI is InChI=1S/C67H39N3OS2/c1-2-13-40(14-3-1)67-68-57-39-60-54(38-61(57)71-67)53-37-45(27-30-59(53)69(60)46-17-10-15-41(33-46)43-28-31-64-55(35-43)50-20-5-8-25-62(50)72-64)48-22-12-23-52-49-19-4-7-24-58(49)70(66(48)52)47-18-11-16-42(34-47)44-29-32-65-56(36-44)51-21-6-9-26-63(51)73-65/h1-39H. The Morgan fingerprint density at radius 3 is 1.55 bits per heavy atom. The monoisotopic (exact) mass is 965 g/mol. The van der Waals surface area contributed by atoms with Crippen LogP contribution in [0.15, 0.2) is 241 Å². The summed E-state index contributed by atoms with van der Waals surface area (Å²) in [5.41, 5.74) is 16.3. The SMILES string of the molecule is c1ccc(-c2nc3cc4c(cc3o2)c2cc(-c3cccc5c6ccccc6n(-c6cccc(-c7ccc8sc9ccccc9c8c7)c6)c35)ccc2n4-c2cccc(-c3ccc4sc5ccccc5c4c3)c2)cc1. The van der Waals surface area contributed by atoms with Gasteiger partial charge >= 0.3 is 0 Å². The molecule has 0 N–H and O–H groups in total. The van der Waals surface area contributed by atoms with E-state index in [1.54, 1.807) is 0 Å². The van der Waals surface area contributed by atoms with Gasteiger partial charge in [0.1, 0.15) is 5.52 Å². The minimum atomic E-state index is 0.613. The van der Waals surface area contributed by atoms with E-state index < -0.39 is 0 Å². The van der Waals surface area contributed by atoms with Crippen LogP contribution in [0.2, 0.25) is 0 Å². The minimum Gasteiger partial charge on any atom is -0.436 e. The summed E-state index contributed by atoms with van der Waals surface area (Å²) < 4.78 is 16.7. The Morgan fingerprint density at radius 2 is 0.836 bits per heavy atom. The quantitative estimate of drug-likeness (QED) is 0.166. The predicted octanol–water partition coefficient (Wildman–Crippen LogP) is 19.4. The van der Waals surface area contributed by atoms with E-state index in [2.05, 4.69) is 228 Å².